The minimum absolute atomic E-state index is 0. The number of halogens is 1. The molecule has 0 atom stereocenters. The standard InChI is InChI=1S/C20H20FNO3.H2/c1-4-14-18(24-2)8-7-15-16(11-22-20(14)15)17(23)9-12-5-6-13(21)10-19(12)25-3;/h5-8,10-11,22H,4,9H2,1-3H3;1H. The van der Waals surface area contributed by atoms with Crippen LogP contribution in [-0.2, 0) is 12.8 Å². The second-order valence-electron chi connectivity index (χ2n) is 5.78. The van der Waals surface area contributed by atoms with Crippen molar-refractivity contribution < 1.29 is 20.1 Å². The highest BCUT2D eigenvalue weighted by Gasteiger charge is 2.18. The number of ketones is 1. The highest BCUT2D eigenvalue weighted by molar-refractivity contribution is 6.09. The van der Waals surface area contributed by atoms with E-state index in [1.165, 1.54) is 19.2 Å². The lowest BCUT2D eigenvalue weighted by atomic mass is 9.99. The molecule has 0 saturated heterocycles. The van der Waals surface area contributed by atoms with Gasteiger partial charge in [-0.1, -0.05) is 13.0 Å². The number of aromatic amines is 1. The molecule has 0 bridgehead atoms. The van der Waals surface area contributed by atoms with E-state index in [2.05, 4.69) is 4.98 Å². The first-order valence-corrected chi connectivity index (χ1v) is 8.11. The first-order chi connectivity index (χ1) is 12.1. The Balaban J connectivity index is 0.00000243. The Morgan fingerprint density at radius 3 is 2.60 bits per heavy atom. The van der Waals surface area contributed by atoms with Crippen LogP contribution in [0.2, 0.25) is 0 Å². The molecule has 1 aromatic heterocycles. The SMILES string of the molecule is CCc1c(OC)ccc2c(C(=O)Cc3ccc(F)cc3OC)c[nH]c12.[HH]. The van der Waals surface area contributed by atoms with E-state index in [0.717, 1.165) is 28.6 Å². The second kappa shape index (κ2) is 6.97. The van der Waals surface area contributed by atoms with Crippen molar-refractivity contribution in [1.82, 2.24) is 4.98 Å². The predicted molar refractivity (Wildman–Crippen MR) is 97.3 cm³/mol. The van der Waals surface area contributed by atoms with E-state index in [1.807, 2.05) is 19.1 Å². The summed E-state index contributed by atoms with van der Waals surface area (Å²) < 4.78 is 23.9. The molecule has 3 aromatic rings. The molecule has 0 aliphatic carbocycles. The first kappa shape index (κ1) is 17.0. The van der Waals surface area contributed by atoms with E-state index in [0.29, 0.717) is 16.9 Å². The molecule has 0 amide bonds. The fourth-order valence-corrected chi connectivity index (χ4v) is 3.15. The molecule has 0 radical (unpaired) electrons. The summed E-state index contributed by atoms with van der Waals surface area (Å²) in [4.78, 5) is 16.0. The van der Waals surface area contributed by atoms with Crippen LogP contribution in [0.25, 0.3) is 10.9 Å². The van der Waals surface area contributed by atoms with E-state index in [1.54, 1.807) is 19.4 Å². The van der Waals surface area contributed by atoms with Crippen LogP contribution in [0.15, 0.2) is 36.5 Å². The van der Waals surface area contributed by atoms with Gasteiger partial charge in [0.1, 0.15) is 17.3 Å². The maximum absolute atomic E-state index is 13.3. The maximum Gasteiger partial charge on any atom is 0.169 e. The first-order valence-electron chi connectivity index (χ1n) is 8.11. The summed E-state index contributed by atoms with van der Waals surface area (Å²) in [6, 6.07) is 7.98. The van der Waals surface area contributed by atoms with Gasteiger partial charge in [-0.25, -0.2) is 4.39 Å². The molecule has 5 heteroatoms. The Bertz CT molecular complexity index is 936. The summed E-state index contributed by atoms with van der Waals surface area (Å²) in [6.45, 7) is 2.04. The van der Waals surface area contributed by atoms with Crippen molar-refractivity contribution in [3.8, 4) is 11.5 Å². The number of carbonyl (C=O) groups is 1. The molecular weight excluding hydrogens is 321 g/mol. The zero-order chi connectivity index (χ0) is 18.0. The average Bonchev–Trinajstić information content (AvgIpc) is 3.06. The Kier molecular flexibility index (Phi) is 4.74. The monoisotopic (exact) mass is 343 g/mol. The average molecular weight is 343 g/mol. The van der Waals surface area contributed by atoms with E-state index in [9.17, 15) is 9.18 Å². The molecule has 0 fully saturated rings. The van der Waals surface area contributed by atoms with Crippen LogP contribution in [0.3, 0.4) is 0 Å². The number of hydrogen-bond acceptors (Lipinski definition) is 3. The van der Waals surface area contributed by atoms with Crippen molar-refractivity contribution in [2.75, 3.05) is 14.2 Å². The Hall–Kier alpha value is -2.82. The van der Waals surface area contributed by atoms with Crippen LogP contribution >= 0.6 is 0 Å². The zero-order valence-electron chi connectivity index (χ0n) is 14.5. The molecule has 1 N–H and O–H groups in total. The van der Waals surface area contributed by atoms with Gasteiger partial charge in [0.15, 0.2) is 5.78 Å². The number of benzene rings is 2. The number of ether oxygens (including phenoxy) is 2. The van der Waals surface area contributed by atoms with Gasteiger partial charge in [0.05, 0.1) is 19.7 Å². The number of aromatic nitrogens is 1. The largest absolute Gasteiger partial charge is 0.496 e. The van der Waals surface area contributed by atoms with Gasteiger partial charge in [-0.05, 0) is 24.6 Å². The predicted octanol–water partition coefficient (Wildman–Crippen LogP) is 4.56. The summed E-state index contributed by atoms with van der Waals surface area (Å²) in [5.74, 6) is 0.739. The van der Waals surface area contributed by atoms with Crippen molar-refractivity contribution >= 4 is 16.7 Å². The number of aryl methyl sites for hydroxylation is 1. The van der Waals surface area contributed by atoms with Gasteiger partial charge in [-0.3, -0.25) is 4.79 Å². The summed E-state index contributed by atoms with van der Waals surface area (Å²) in [5, 5.41) is 0.865. The van der Waals surface area contributed by atoms with Crippen LogP contribution in [0.4, 0.5) is 4.39 Å². The number of fused-ring (bicyclic) bond motifs is 1. The molecule has 132 valence electrons. The highest BCUT2D eigenvalue weighted by atomic mass is 19.1. The van der Waals surface area contributed by atoms with Crippen molar-refractivity contribution in [3.05, 3.63) is 59.0 Å². The number of carbonyl (C=O) groups excluding carboxylic acids is 1. The molecule has 0 aliphatic heterocycles. The summed E-state index contributed by atoms with van der Waals surface area (Å²) >= 11 is 0. The lowest BCUT2D eigenvalue weighted by Crippen LogP contribution is -2.05. The van der Waals surface area contributed by atoms with Crippen LogP contribution in [-0.4, -0.2) is 25.0 Å². The smallest absolute Gasteiger partial charge is 0.169 e. The third kappa shape index (κ3) is 3.09. The summed E-state index contributed by atoms with van der Waals surface area (Å²) in [6.07, 6.45) is 2.66. The third-order valence-corrected chi connectivity index (χ3v) is 4.39. The van der Waals surface area contributed by atoms with Crippen LogP contribution in [0.5, 0.6) is 11.5 Å². The van der Waals surface area contributed by atoms with Crippen molar-refractivity contribution in [1.29, 1.82) is 0 Å². The minimum atomic E-state index is -0.389. The topological polar surface area (TPSA) is 51.3 Å². The molecule has 3 rings (SSSR count). The Morgan fingerprint density at radius 1 is 1.16 bits per heavy atom. The normalized spacial score (nSPS) is 10.9. The summed E-state index contributed by atoms with van der Waals surface area (Å²) in [7, 11) is 3.10. The Morgan fingerprint density at radius 2 is 1.92 bits per heavy atom. The Labute approximate surface area is 147 Å². The molecule has 2 aromatic carbocycles. The number of Topliss-reactive ketones (excluding diaryl/α,β-unsaturated/α-hetero) is 1. The number of hydrogen-bond donors (Lipinski definition) is 1. The van der Waals surface area contributed by atoms with Gasteiger partial charge in [-0.15, -0.1) is 0 Å². The minimum Gasteiger partial charge on any atom is -0.496 e. The summed E-state index contributed by atoms with van der Waals surface area (Å²) in [5.41, 5.74) is 3.22. The molecule has 0 saturated carbocycles. The van der Waals surface area contributed by atoms with Gasteiger partial charge in [-0.2, -0.15) is 0 Å². The lowest BCUT2D eigenvalue weighted by Gasteiger charge is -2.09. The lowest BCUT2D eigenvalue weighted by molar-refractivity contribution is 0.0993. The highest BCUT2D eigenvalue weighted by Crippen LogP contribution is 2.31. The van der Waals surface area contributed by atoms with Crippen LogP contribution in [0.1, 0.15) is 29.8 Å². The number of methoxy groups -OCH3 is 2. The van der Waals surface area contributed by atoms with Crippen molar-refractivity contribution in [3.63, 3.8) is 0 Å². The molecular formula is C20H22FNO3. The van der Waals surface area contributed by atoms with E-state index >= 15 is 0 Å². The van der Waals surface area contributed by atoms with Crippen LogP contribution in [0, 0.1) is 5.82 Å². The van der Waals surface area contributed by atoms with Gasteiger partial charge >= 0.3 is 0 Å². The van der Waals surface area contributed by atoms with Gasteiger partial charge in [0, 0.05) is 42.2 Å². The second-order valence-corrected chi connectivity index (χ2v) is 5.78. The number of nitrogens with one attached hydrogen (secondary N) is 1. The number of rotatable bonds is 6. The maximum atomic E-state index is 13.3. The molecule has 25 heavy (non-hydrogen) atoms. The van der Waals surface area contributed by atoms with E-state index in [4.69, 9.17) is 9.47 Å². The number of H-pyrrole nitrogens is 1. The van der Waals surface area contributed by atoms with Gasteiger partial charge < -0.3 is 14.5 Å². The van der Waals surface area contributed by atoms with Gasteiger partial charge in [0.2, 0.25) is 0 Å². The fraction of sp³-hybridized carbons (Fsp3) is 0.250. The molecule has 0 spiro atoms. The van der Waals surface area contributed by atoms with Crippen LogP contribution < -0.4 is 9.47 Å². The fourth-order valence-electron chi connectivity index (χ4n) is 3.15. The quantitative estimate of drug-likeness (QED) is 0.668. The third-order valence-electron chi connectivity index (χ3n) is 4.39. The van der Waals surface area contributed by atoms with E-state index < -0.39 is 0 Å². The van der Waals surface area contributed by atoms with Crippen molar-refractivity contribution in [2.45, 2.75) is 19.8 Å². The van der Waals surface area contributed by atoms with E-state index in [-0.39, 0.29) is 19.4 Å². The molecule has 0 aliphatic rings. The molecule has 4 nitrogen and oxygen atoms in total. The zero-order valence-corrected chi connectivity index (χ0v) is 14.5. The van der Waals surface area contributed by atoms with Gasteiger partial charge in [0.25, 0.3) is 0 Å². The molecule has 1 heterocycles. The van der Waals surface area contributed by atoms with Crippen molar-refractivity contribution in [2.24, 2.45) is 0 Å². The molecule has 0 unspecified atom stereocenters.